The van der Waals surface area contributed by atoms with E-state index < -0.39 is 0 Å². The number of rotatable bonds is 3. The number of nitrogens with zero attached hydrogens (tertiary/aromatic N) is 2. The van der Waals surface area contributed by atoms with E-state index in [1.165, 1.54) is 45.5 Å². The van der Waals surface area contributed by atoms with Crippen molar-refractivity contribution in [1.29, 1.82) is 0 Å². The van der Waals surface area contributed by atoms with E-state index in [4.69, 9.17) is 0 Å². The molecular formula is C23H29N3S. The molecule has 0 bridgehead atoms. The molecule has 1 N–H and O–H groups in total. The molecule has 2 aromatic heterocycles. The van der Waals surface area contributed by atoms with Gasteiger partial charge in [-0.3, -0.25) is 0 Å². The Hall–Kier alpha value is -1.94. The van der Waals surface area contributed by atoms with Crippen LogP contribution < -0.4 is 5.32 Å². The lowest BCUT2D eigenvalue weighted by atomic mass is 9.72. The number of nitrogens with one attached hydrogen (secondary N) is 1. The molecule has 27 heavy (non-hydrogen) atoms. The highest BCUT2D eigenvalue weighted by molar-refractivity contribution is 7.19. The number of thiophene rings is 1. The zero-order chi connectivity index (χ0) is 19.2. The first-order valence-electron chi connectivity index (χ1n) is 9.99. The van der Waals surface area contributed by atoms with E-state index in [0.717, 1.165) is 29.4 Å². The first-order valence-corrected chi connectivity index (χ1v) is 10.8. The summed E-state index contributed by atoms with van der Waals surface area (Å²) in [4.78, 5) is 11.9. The third-order valence-electron chi connectivity index (χ3n) is 6.05. The average Bonchev–Trinajstić information content (AvgIpc) is 3.01. The van der Waals surface area contributed by atoms with E-state index in [1.807, 2.05) is 11.3 Å². The van der Waals surface area contributed by atoms with E-state index in [0.29, 0.717) is 5.41 Å². The molecule has 4 heteroatoms. The maximum atomic E-state index is 4.65. The summed E-state index contributed by atoms with van der Waals surface area (Å²) >= 11 is 1.87. The molecule has 1 unspecified atom stereocenters. The van der Waals surface area contributed by atoms with Crippen LogP contribution in [0, 0.1) is 18.3 Å². The van der Waals surface area contributed by atoms with Gasteiger partial charge in [0.2, 0.25) is 0 Å². The van der Waals surface area contributed by atoms with Crippen LogP contribution in [0.2, 0.25) is 0 Å². The zero-order valence-corrected chi connectivity index (χ0v) is 17.8. The third-order valence-corrected chi connectivity index (χ3v) is 7.22. The summed E-state index contributed by atoms with van der Waals surface area (Å²) in [6, 6.07) is 6.50. The van der Waals surface area contributed by atoms with Gasteiger partial charge in [0, 0.05) is 10.6 Å². The highest BCUT2D eigenvalue weighted by atomic mass is 32.1. The second-order valence-corrected chi connectivity index (χ2v) is 9.88. The lowest BCUT2D eigenvalue weighted by molar-refractivity contribution is 0.218. The van der Waals surface area contributed by atoms with Gasteiger partial charge < -0.3 is 5.32 Å². The van der Waals surface area contributed by atoms with Crippen LogP contribution in [0.25, 0.3) is 10.2 Å². The smallest absolute Gasteiger partial charge is 0.142 e. The molecule has 1 aliphatic rings. The Morgan fingerprint density at radius 1 is 1.22 bits per heavy atom. The number of hydrogen-bond donors (Lipinski definition) is 1. The summed E-state index contributed by atoms with van der Waals surface area (Å²) in [7, 11) is 0. The van der Waals surface area contributed by atoms with Crippen molar-refractivity contribution in [3.63, 3.8) is 0 Å². The summed E-state index contributed by atoms with van der Waals surface area (Å²) in [6.45, 7) is 11.5. The van der Waals surface area contributed by atoms with Crippen molar-refractivity contribution in [3.05, 3.63) is 46.1 Å². The lowest BCUT2D eigenvalue weighted by Crippen LogP contribution is -2.26. The van der Waals surface area contributed by atoms with Gasteiger partial charge in [0.1, 0.15) is 17.0 Å². The van der Waals surface area contributed by atoms with Crippen LogP contribution >= 0.6 is 11.3 Å². The number of benzene rings is 1. The fraction of sp³-hybridized carbons (Fsp3) is 0.478. The van der Waals surface area contributed by atoms with E-state index in [1.54, 1.807) is 6.33 Å². The number of anilines is 2. The molecular weight excluding hydrogens is 350 g/mol. The Kier molecular flexibility index (Phi) is 4.71. The summed E-state index contributed by atoms with van der Waals surface area (Å²) in [6.07, 6.45) is 6.27. The largest absolute Gasteiger partial charge is 0.339 e. The topological polar surface area (TPSA) is 37.8 Å². The van der Waals surface area contributed by atoms with Crippen LogP contribution in [0.1, 0.15) is 55.7 Å². The second-order valence-electron chi connectivity index (χ2n) is 8.80. The third kappa shape index (κ3) is 3.36. The molecule has 0 fully saturated rings. The van der Waals surface area contributed by atoms with E-state index in [9.17, 15) is 0 Å². The second kappa shape index (κ2) is 6.90. The molecule has 0 amide bonds. The van der Waals surface area contributed by atoms with Crippen LogP contribution in [0.3, 0.4) is 0 Å². The first-order chi connectivity index (χ1) is 12.9. The quantitative estimate of drug-likeness (QED) is 0.568. The van der Waals surface area contributed by atoms with Gasteiger partial charge in [0.25, 0.3) is 0 Å². The lowest BCUT2D eigenvalue weighted by Gasteiger charge is -2.33. The fourth-order valence-corrected chi connectivity index (χ4v) is 5.53. The summed E-state index contributed by atoms with van der Waals surface area (Å²) in [5.41, 5.74) is 5.63. The first kappa shape index (κ1) is 18.4. The Labute approximate surface area is 166 Å². The number of hydrogen-bond acceptors (Lipinski definition) is 4. The number of fused-ring (bicyclic) bond motifs is 3. The van der Waals surface area contributed by atoms with Gasteiger partial charge in [-0.2, -0.15) is 0 Å². The number of para-hydroxylation sites is 1. The van der Waals surface area contributed by atoms with Gasteiger partial charge in [-0.1, -0.05) is 45.9 Å². The van der Waals surface area contributed by atoms with Crippen molar-refractivity contribution in [2.45, 2.75) is 60.3 Å². The average molecular weight is 380 g/mol. The zero-order valence-electron chi connectivity index (χ0n) is 17.0. The molecule has 0 spiro atoms. The fourth-order valence-electron chi connectivity index (χ4n) is 4.26. The van der Waals surface area contributed by atoms with Crippen LogP contribution in [0.15, 0.2) is 24.5 Å². The van der Waals surface area contributed by atoms with Crippen LogP contribution in [-0.4, -0.2) is 9.97 Å². The van der Waals surface area contributed by atoms with Gasteiger partial charge in [0.15, 0.2) is 0 Å². The predicted octanol–water partition coefficient (Wildman–Crippen LogP) is 6.46. The van der Waals surface area contributed by atoms with Crippen molar-refractivity contribution in [2.24, 2.45) is 11.3 Å². The van der Waals surface area contributed by atoms with Gasteiger partial charge in [-0.15, -0.1) is 11.3 Å². The maximum absolute atomic E-state index is 4.65. The summed E-state index contributed by atoms with van der Waals surface area (Å²) in [5.74, 6) is 1.71. The molecule has 3 nitrogen and oxygen atoms in total. The van der Waals surface area contributed by atoms with Gasteiger partial charge >= 0.3 is 0 Å². The molecule has 0 saturated heterocycles. The molecule has 3 aromatic rings. The van der Waals surface area contributed by atoms with E-state index >= 15 is 0 Å². The SMILES string of the molecule is CCc1cccc(C)c1Nc1ncnc2sc3c(c12)CCC(C(C)(C)C)C3. The molecule has 0 aliphatic heterocycles. The van der Waals surface area contributed by atoms with Crippen molar-refractivity contribution in [1.82, 2.24) is 9.97 Å². The predicted molar refractivity (Wildman–Crippen MR) is 116 cm³/mol. The Bertz CT molecular complexity index is 981. The van der Waals surface area contributed by atoms with Crippen LogP contribution in [-0.2, 0) is 19.3 Å². The summed E-state index contributed by atoms with van der Waals surface area (Å²) < 4.78 is 0. The van der Waals surface area contributed by atoms with Crippen molar-refractivity contribution < 1.29 is 0 Å². The Balaban J connectivity index is 1.78. The minimum absolute atomic E-state index is 0.359. The maximum Gasteiger partial charge on any atom is 0.142 e. The standard InChI is InChI=1S/C23H29N3S/c1-6-15-9-7-8-14(2)20(15)26-21-19-17-11-10-16(23(3,4)5)12-18(17)27-22(19)25-13-24-21/h7-9,13,16H,6,10-12H2,1-5H3,(H,24,25,26). The Morgan fingerprint density at radius 3 is 2.78 bits per heavy atom. The molecule has 1 aromatic carbocycles. The monoisotopic (exact) mass is 379 g/mol. The summed E-state index contributed by atoms with van der Waals surface area (Å²) in [5, 5.41) is 4.91. The number of aromatic nitrogens is 2. The molecule has 142 valence electrons. The molecule has 2 heterocycles. The van der Waals surface area contributed by atoms with Crippen LogP contribution in [0.5, 0.6) is 0 Å². The minimum Gasteiger partial charge on any atom is -0.339 e. The van der Waals surface area contributed by atoms with Gasteiger partial charge in [0.05, 0.1) is 5.39 Å². The van der Waals surface area contributed by atoms with E-state index in [-0.39, 0.29) is 0 Å². The minimum atomic E-state index is 0.359. The van der Waals surface area contributed by atoms with E-state index in [2.05, 4.69) is 68.1 Å². The Morgan fingerprint density at radius 2 is 2.04 bits per heavy atom. The normalized spacial score (nSPS) is 17.1. The van der Waals surface area contributed by atoms with Gasteiger partial charge in [-0.25, -0.2) is 9.97 Å². The van der Waals surface area contributed by atoms with Gasteiger partial charge in [-0.05, 0) is 60.6 Å². The van der Waals surface area contributed by atoms with Crippen LogP contribution in [0.4, 0.5) is 11.5 Å². The van der Waals surface area contributed by atoms with Crippen molar-refractivity contribution >= 4 is 33.1 Å². The van der Waals surface area contributed by atoms with Crippen molar-refractivity contribution in [3.8, 4) is 0 Å². The number of aryl methyl sites for hydroxylation is 3. The highest BCUT2D eigenvalue weighted by Crippen LogP contribution is 2.44. The molecule has 1 aliphatic carbocycles. The molecule has 1 atom stereocenters. The molecule has 0 radical (unpaired) electrons. The van der Waals surface area contributed by atoms with Crippen molar-refractivity contribution in [2.75, 3.05) is 5.32 Å². The highest BCUT2D eigenvalue weighted by Gasteiger charge is 2.31. The molecule has 4 rings (SSSR count). The molecule has 0 saturated carbocycles.